The lowest BCUT2D eigenvalue weighted by Gasteiger charge is -2.12. The van der Waals surface area contributed by atoms with Gasteiger partial charge in [0.05, 0.1) is 29.6 Å². The molecule has 0 saturated heterocycles. The highest BCUT2D eigenvalue weighted by atomic mass is 19.4. The monoisotopic (exact) mass is 550 g/mol. The Balaban J connectivity index is 1.48. The average Bonchev–Trinajstić information content (AvgIpc) is 3.57. The molecule has 0 bridgehead atoms. The molecule has 4 rings (SSSR count). The van der Waals surface area contributed by atoms with E-state index in [1.807, 2.05) is 6.92 Å². The Hall–Kier alpha value is -4.66. The third-order valence-corrected chi connectivity index (χ3v) is 5.25. The molecule has 1 N–H and O–H groups in total. The summed E-state index contributed by atoms with van der Waals surface area (Å²) in [6.07, 6.45) is -0.424. The summed E-state index contributed by atoms with van der Waals surface area (Å²) in [4.78, 5) is 32.0. The number of imidazole rings is 1. The largest absolute Gasteiger partial charge is 0.508 e. The first-order chi connectivity index (χ1) is 18.7. The maximum Gasteiger partial charge on any atom is 0.508 e. The van der Waals surface area contributed by atoms with Gasteiger partial charge in [0.15, 0.2) is 5.69 Å². The number of ether oxygens (including phenoxy) is 4. The standard InChI is InChI=1S/C24H21F3N4O8/c1-2-14-11-15(3-4-16(14)22(33)35-9-10-37-23(34)36-8-7-32)39-21-20-29-12-18(31(20)6-5-28-21)17-13-38-30-19(17)24(25,26)27/h3-6,11-13,32H,2,7-10H2,1H3. The van der Waals surface area contributed by atoms with Crippen LogP contribution in [0.3, 0.4) is 0 Å². The molecule has 0 amide bonds. The maximum absolute atomic E-state index is 13.3. The summed E-state index contributed by atoms with van der Waals surface area (Å²) in [6, 6.07) is 4.57. The summed E-state index contributed by atoms with van der Waals surface area (Å²) in [7, 11) is 0. The molecule has 0 aliphatic carbocycles. The van der Waals surface area contributed by atoms with Crippen molar-refractivity contribution in [2.75, 3.05) is 26.4 Å². The average molecular weight is 550 g/mol. The Bertz CT molecular complexity index is 1470. The van der Waals surface area contributed by atoms with E-state index in [9.17, 15) is 22.8 Å². The van der Waals surface area contributed by atoms with Crippen LogP contribution in [0.25, 0.3) is 16.9 Å². The van der Waals surface area contributed by atoms with Crippen molar-refractivity contribution in [1.82, 2.24) is 19.5 Å². The molecule has 0 aliphatic rings. The van der Waals surface area contributed by atoms with E-state index >= 15 is 0 Å². The van der Waals surface area contributed by atoms with E-state index in [1.165, 1.54) is 35.1 Å². The first-order valence-corrected chi connectivity index (χ1v) is 11.4. The first kappa shape index (κ1) is 27.4. The van der Waals surface area contributed by atoms with Crippen LogP contribution in [-0.2, 0) is 26.8 Å². The number of benzene rings is 1. The van der Waals surface area contributed by atoms with Crippen LogP contribution in [0, 0.1) is 0 Å². The van der Waals surface area contributed by atoms with Gasteiger partial charge in [-0.25, -0.2) is 19.6 Å². The van der Waals surface area contributed by atoms with Gasteiger partial charge in [-0.05, 0) is 30.2 Å². The van der Waals surface area contributed by atoms with Crippen molar-refractivity contribution in [3.63, 3.8) is 0 Å². The van der Waals surface area contributed by atoms with Crippen LogP contribution in [0.2, 0.25) is 0 Å². The predicted octanol–water partition coefficient (Wildman–Crippen LogP) is 4.06. The lowest BCUT2D eigenvalue weighted by Crippen LogP contribution is -2.16. The molecular weight excluding hydrogens is 529 g/mol. The zero-order valence-electron chi connectivity index (χ0n) is 20.3. The molecule has 0 fully saturated rings. The Morgan fingerprint density at radius 2 is 1.87 bits per heavy atom. The van der Waals surface area contributed by atoms with Gasteiger partial charge in [0, 0.05) is 12.4 Å². The second kappa shape index (κ2) is 11.8. The van der Waals surface area contributed by atoms with Crippen LogP contribution in [0.1, 0.15) is 28.5 Å². The van der Waals surface area contributed by atoms with Gasteiger partial charge in [0.25, 0.3) is 5.88 Å². The van der Waals surface area contributed by atoms with Crippen LogP contribution in [-0.4, -0.2) is 63.2 Å². The van der Waals surface area contributed by atoms with Crippen molar-refractivity contribution in [2.45, 2.75) is 19.5 Å². The number of esters is 1. The van der Waals surface area contributed by atoms with E-state index < -0.39 is 24.0 Å². The summed E-state index contributed by atoms with van der Waals surface area (Å²) in [5, 5.41) is 11.7. The van der Waals surface area contributed by atoms with Gasteiger partial charge in [-0.3, -0.25) is 4.40 Å². The minimum absolute atomic E-state index is 0.0105. The fourth-order valence-electron chi connectivity index (χ4n) is 3.53. The van der Waals surface area contributed by atoms with Crippen LogP contribution in [0.5, 0.6) is 11.6 Å². The number of carbonyl (C=O) groups is 2. The topological polar surface area (TPSA) is 148 Å². The molecule has 3 heterocycles. The van der Waals surface area contributed by atoms with E-state index in [2.05, 4.69) is 24.4 Å². The maximum atomic E-state index is 13.3. The third kappa shape index (κ3) is 6.26. The minimum atomic E-state index is -4.72. The van der Waals surface area contributed by atoms with Gasteiger partial charge < -0.3 is 28.6 Å². The molecule has 0 radical (unpaired) electrons. The predicted molar refractivity (Wildman–Crippen MR) is 124 cm³/mol. The molecule has 0 saturated carbocycles. The van der Waals surface area contributed by atoms with E-state index in [1.54, 1.807) is 6.07 Å². The van der Waals surface area contributed by atoms with Crippen LogP contribution >= 0.6 is 0 Å². The number of hydrogen-bond donors (Lipinski definition) is 1. The zero-order valence-corrected chi connectivity index (χ0v) is 20.3. The molecule has 3 aromatic heterocycles. The molecule has 39 heavy (non-hydrogen) atoms. The Kier molecular flexibility index (Phi) is 8.29. The molecule has 1 aromatic carbocycles. The molecule has 0 aliphatic heterocycles. The molecule has 0 atom stereocenters. The van der Waals surface area contributed by atoms with Crippen LogP contribution in [0.15, 0.2) is 47.6 Å². The van der Waals surface area contributed by atoms with Gasteiger partial charge >= 0.3 is 18.3 Å². The Morgan fingerprint density at radius 1 is 1.10 bits per heavy atom. The van der Waals surface area contributed by atoms with Crippen molar-refractivity contribution < 1.29 is 51.3 Å². The van der Waals surface area contributed by atoms with Crippen molar-refractivity contribution in [1.29, 1.82) is 0 Å². The van der Waals surface area contributed by atoms with Gasteiger partial charge in [0.1, 0.15) is 31.8 Å². The number of carbonyl (C=O) groups excluding carboxylic acids is 2. The molecule has 206 valence electrons. The number of alkyl halides is 3. The second-order valence-electron chi connectivity index (χ2n) is 7.73. The number of aliphatic hydroxyl groups is 1. The molecule has 4 aromatic rings. The van der Waals surface area contributed by atoms with E-state index in [0.717, 1.165) is 6.26 Å². The van der Waals surface area contributed by atoms with Crippen molar-refractivity contribution in [2.24, 2.45) is 0 Å². The summed E-state index contributed by atoms with van der Waals surface area (Å²) in [6.45, 7) is 0.807. The van der Waals surface area contributed by atoms with E-state index in [-0.39, 0.29) is 54.8 Å². The van der Waals surface area contributed by atoms with Gasteiger partial charge in [-0.1, -0.05) is 12.1 Å². The Labute approximate surface area is 217 Å². The normalized spacial score (nSPS) is 11.4. The molecular formula is C24H21F3N4O8. The quantitative estimate of drug-likeness (QED) is 0.225. The summed E-state index contributed by atoms with van der Waals surface area (Å²) in [5.74, 6) is -0.348. The van der Waals surface area contributed by atoms with Crippen molar-refractivity contribution >= 4 is 17.8 Å². The van der Waals surface area contributed by atoms with E-state index in [4.69, 9.17) is 19.3 Å². The van der Waals surface area contributed by atoms with Crippen molar-refractivity contribution in [3.05, 3.63) is 59.9 Å². The number of halogens is 3. The summed E-state index contributed by atoms with van der Waals surface area (Å²) < 4.78 is 66.0. The molecule has 15 heteroatoms. The lowest BCUT2D eigenvalue weighted by molar-refractivity contribution is -0.142. The fourth-order valence-corrected chi connectivity index (χ4v) is 3.53. The highest BCUT2D eigenvalue weighted by Gasteiger charge is 2.38. The number of aromatic nitrogens is 4. The smallest absolute Gasteiger partial charge is 0.458 e. The number of nitrogens with zero attached hydrogens (tertiary/aromatic N) is 4. The van der Waals surface area contributed by atoms with Gasteiger partial charge in [-0.15, -0.1) is 0 Å². The lowest BCUT2D eigenvalue weighted by atomic mass is 10.1. The van der Waals surface area contributed by atoms with Crippen LogP contribution in [0.4, 0.5) is 18.0 Å². The number of aliphatic hydroxyl groups excluding tert-OH is 1. The van der Waals surface area contributed by atoms with Gasteiger partial charge in [-0.2, -0.15) is 13.2 Å². The highest BCUT2D eigenvalue weighted by Crippen LogP contribution is 2.37. The third-order valence-electron chi connectivity index (χ3n) is 5.25. The Morgan fingerprint density at radius 3 is 2.62 bits per heavy atom. The first-order valence-electron chi connectivity index (χ1n) is 11.4. The summed E-state index contributed by atoms with van der Waals surface area (Å²) in [5.41, 5.74) is -0.433. The highest BCUT2D eigenvalue weighted by molar-refractivity contribution is 5.91. The van der Waals surface area contributed by atoms with Crippen LogP contribution < -0.4 is 4.74 Å². The molecule has 0 spiro atoms. The molecule has 12 nitrogen and oxygen atoms in total. The zero-order chi connectivity index (χ0) is 28.0. The number of aryl methyl sites for hydroxylation is 1. The number of fused-ring (bicyclic) bond motifs is 1. The van der Waals surface area contributed by atoms with Crippen molar-refractivity contribution in [3.8, 4) is 22.9 Å². The summed E-state index contributed by atoms with van der Waals surface area (Å²) >= 11 is 0. The fraction of sp³-hybridized carbons (Fsp3) is 0.292. The van der Waals surface area contributed by atoms with E-state index in [0.29, 0.717) is 17.7 Å². The molecule has 0 unspecified atom stereocenters. The number of rotatable bonds is 10. The second-order valence-corrected chi connectivity index (χ2v) is 7.73. The van der Waals surface area contributed by atoms with Gasteiger partial charge in [0.2, 0.25) is 5.65 Å². The minimum Gasteiger partial charge on any atom is -0.458 e. The number of hydrogen-bond acceptors (Lipinski definition) is 11. The SMILES string of the molecule is CCc1cc(Oc2nccn3c(-c4conc4C(F)(F)F)cnc23)ccc1C(=O)OCCOC(=O)OCCO.